The Morgan fingerprint density at radius 3 is 2.64 bits per heavy atom. The summed E-state index contributed by atoms with van der Waals surface area (Å²) >= 11 is 0. The fourth-order valence-corrected chi connectivity index (χ4v) is 6.42. The molecular formula is C10H17NO2S. The molecule has 14 heavy (non-hydrogen) atoms. The number of hydrogen-bond acceptors (Lipinski definition) is 2. The Hall–Kier alpha value is -0.0900. The maximum atomic E-state index is 11.6. The van der Waals surface area contributed by atoms with E-state index in [4.69, 9.17) is 0 Å². The van der Waals surface area contributed by atoms with Crippen molar-refractivity contribution in [3.8, 4) is 0 Å². The molecule has 2 aliphatic carbocycles. The second kappa shape index (κ2) is 2.19. The van der Waals surface area contributed by atoms with Crippen LogP contribution in [0.3, 0.4) is 0 Å². The molecule has 1 aliphatic heterocycles. The number of hydrogen-bond donors (Lipinski definition) is 1. The van der Waals surface area contributed by atoms with E-state index in [0.717, 1.165) is 18.8 Å². The Morgan fingerprint density at radius 1 is 1.36 bits per heavy atom. The van der Waals surface area contributed by atoms with E-state index < -0.39 is 10.0 Å². The minimum atomic E-state index is -2.97. The molecule has 2 saturated carbocycles. The molecule has 1 N–H and O–H groups in total. The first-order valence-corrected chi connectivity index (χ1v) is 7.03. The van der Waals surface area contributed by atoms with Crippen molar-refractivity contribution in [3.05, 3.63) is 0 Å². The van der Waals surface area contributed by atoms with Crippen LogP contribution in [0.2, 0.25) is 0 Å². The molecule has 3 rings (SSSR count). The van der Waals surface area contributed by atoms with Gasteiger partial charge in [-0.2, -0.15) is 0 Å². The predicted octanol–water partition coefficient (Wildman–Crippen LogP) is 1.11. The van der Waals surface area contributed by atoms with Crippen LogP contribution < -0.4 is 4.72 Å². The van der Waals surface area contributed by atoms with Crippen molar-refractivity contribution in [2.45, 2.75) is 39.2 Å². The fraction of sp³-hybridized carbons (Fsp3) is 1.00. The Labute approximate surface area is 85.3 Å². The zero-order chi connectivity index (χ0) is 10.2. The highest BCUT2D eigenvalue weighted by Gasteiger charge is 2.68. The van der Waals surface area contributed by atoms with E-state index in [-0.39, 0.29) is 16.9 Å². The average molecular weight is 215 g/mol. The molecule has 3 fully saturated rings. The monoisotopic (exact) mass is 215 g/mol. The van der Waals surface area contributed by atoms with Gasteiger partial charge in [0, 0.05) is 11.5 Å². The van der Waals surface area contributed by atoms with Crippen LogP contribution >= 0.6 is 0 Å². The average Bonchev–Trinajstić information content (AvgIpc) is 2.50. The molecule has 3 atom stereocenters. The van der Waals surface area contributed by atoms with Crippen LogP contribution in [0, 0.1) is 16.7 Å². The smallest absolute Gasteiger partial charge is 0.212 e. The molecule has 3 nitrogen and oxygen atoms in total. The highest BCUT2D eigenvalue weighted by atomic mass is 32.2. The topological polar surface area (TPSA) is 46.2 Å². The van der Waals surface area contributed by atoms with Crippen molar-refractivity contribution in [2.75, 3.05) is 5.75 Å². The van der Waals surface area contributed by atoms with Crippen LogP contribution in [-0.4, -0.2) is 20.2 Å². The van der Waals surface area contributed by atoms with Crippen LogP contribution in [0.15, 0.2) is 0 Å². The molecule has 80 valence electrons. The van der Waals surface area contributed by atoms with Crippen molar-refractivity contribution >= 4 is 10.0 Å². The third-order valence-corrected chi connectivity index (χ3v) is 6.74. The Morgan fingerprint density at radius 2 is 2.07 bits per heavy atom. The Balaban J connectivity index is 2.13. The van der Waals surface area contributed by atoms with E-state index in [1.54, 1.807) is 0 Å². The molecule has 2 bridgehead atoms. The lowest BCUT2D eigenvalue weighted by molar-refractivity contribution is 0.146. The second-order valence-corrected chi connectivity index (χ2v) is 7.53. The molecule has 0 unspecified atom stereocenters. The Kier molecular flexibility index (Phi) is 1.43. The highest BCUT2D eigenvalue weighted by molar-refractivity contribution is 7.89. The van der Waals surface area contributed by atoms with E-state index in [1.807, 2.05) is 0 Å². The first-order chi connectivity index (χ1) is 6.37. The molecule has 3 aliphatic rings. The maximum Gasteiger partial charge on any atom is 0.212 e. The number of sulfonamides is 1. The van der Waals surface area contributed by atoms with Gasteiger partial charge in [0.05, 0.1) is 5.75 Å². The summed E-state index contributed by atoms with van der Waals surface area (Å²) in [5.74, 6) is 1.10. The lowest BCUT2D eigenvalue weighted by Crippen LogP contribution is -2.39. The second-order valence-electron chi connectivity index (χ2n) is 5.78. The summed E-state index contributed by atoms with van der Waals surface area (Å²) < 4.78 is 26.0. The lowest BCUT2D eigenvalue weighted by atomic mass is 9.69. The van der Waals surface area contributed by atoms with E-state index in [9.17, 15) is 8.42 Å². The van der Waals surface area contributed by atoms with Gasteiger partial charge in [0.1, 0.15) is 0 Å². The summed E-state index contributed by atoms with van der Waals surface area (Å²) in [6, 6.07) is 0.237. The van der Waals surface area contributed by atoms with Gasteiger partial charge in [0.2, 0.25) is 10.0 Å². The van der Waals surface area contributed by atoms with Gasteiger partial charge in [-0.3, -0.25) is 0 Å². The third kappa shape index (κ3) is 0.807. The summed E-state index contributed by atoms with van der Waals surface area (Å²) in [6.45, 7) is 4.51. The zero-order valence-electron chi connectivity index (χ0n) is 8.71. The minimum absolute atomic E-state index is 0.0521. The van der Waals surface area contributed by atoms with Crippen molar-refractivity contribution in [1.82, 2.24) is 4.72 Å². The van der Waals surface area contributed by atoms with Gasteiger partial charge in [-0.1, -0.05) is 13.8 Å². The molecule has 1 saturated heterocycles. The number of nitrogens with one attached hydrogen (secondary N) is 1. The summed E-state index contributed by atoms with van der Waals surface area (Å²) in [5, 5.41) is 0. The number of fused-ring (bicyclic) bond motifs is 1. The van der Waals surface area contributed by atoms with Gasteiger partial charge >= 0.3 is 0 Å². The van der Waals surface area contributed by atoms with E-state index >= 15 is 0 Å². The maximum absolute atomic E-state index is 11.6. The van der Waals surface area contributed by atoms with Gasteiger partial charge in [-0.15, -0.1) is 0 Å². The minimum Gasteiger partial charge on any atom is -0.212 e. The Bertz CT molecular complexity index is 387. The standard InChI is InChI=1S/C10H17NO2S/c1-9(2)7-3-4-10(9)6-14(12,13)11-8(10)5-7/h7-8,11H,3-6H2,1-2H3/t7-,8+,10-/m0/s1. The summed E-state index contributed by atoms with van der Waals surface area (Å²) in [7, 11) is -2.97. The van der Waals surface area contributed by atoms with Crippen molar-refractivity contribution < 1.29 is 8.42 Å². The van der Waals surface area contributed by atoms with Gasteiger partial charge in [0.25, 0.3) is 0 Å². The van der Waals surface area contributed by atoms with Crippen LogP contribution in [0.4, 0.5) is 0 Å². The molecule has 1 spiro atoms. The fourth-order valence-electron chi connectivity index (χ4n) is 4.18. The van der Waals surface area contributed by atoms with Gasteiger partial charge in [-0.25, -0.2) is 13.1 Å². The zero-order valence-corrected chi connectivity index (χ0v) is 9.52. The third-order valence-electron chi connectivity index (χ3n) is 5.20. The van der Waals surface area contributed by atoms with E-state index in [1.165, 1.54) is 6.42 Å². The van der Waals surface area contributed by atoms with Crippen molar-refractivity contribution in [3.63, 3.8) is 0 Å². The van der Waals surface area contributed by atoms with Crippen LogP contribution in [-0.2, 0) is 10.0 Å². The van der Waals surface area contributed by atoms with Crippen molar-refractivity contribution in [2.24, 2.45) is 16.7 Å². The summed E-state index contributed by atoms with van der Waals surface area (Å²) in [5.41, 5.74) is 0.269. The predicted molar refractivity (Wildman–Crippen MR) is 54.3 cm³/mol. The molecule has 0 amide bonds. The SMILES string of the molecule is CC1(C)[C@H]2CC[C@@]13CS(=O)(=O)N[C@@H]3C2. The van der Waals surface area contributed by atoms with E-state index in [0.29, 0.717) is 5.75 Å². The largest absolute Gasteiger partial charge is 0.212 e. The molecule has 0 aromatic rings. The number of rotatable bonds is 0. The van der Waals surface area contributed by atoms with E-state index in [2.05, 4.69) is 18.6 Å². The quantitative estimate of drug-likeness (QED) is 0.658. The van der Waals surface area contributed by atoms with Gasteiger partial charge in [0.15, 0.2) is 0 Å². The molecule has 0 aromatic heterocycles. The lowest BCUT2D eigenvalue weighted by Gasteiger charge is -2.36. The van der Waals surface area contributed by atoms with Crippen LogP contribution in [0.1, 0.15) is 33.1 Å². The summed E-state index contributed by atoms with van der Waals surface area (Å²) in [4.78, 5) is 0. The van der Waals surface area contributed by atoms with Crippen molar-refractivity contribution in [1.29, 1.82) is 0 Å². The molecule has 0 radical (unpaired) electrons. The molecule has 4 heteroatoms. The molecule has 1 heterocycles. The molecule has 0 aromatic carbocycles. The highest BCUT2D eigenvalue weighted by Crippen LogP contribution is 2.67. The first kappa shape index (κ1) is 9.16. The normalized spacial score (nSPS) is 52.1. The van der Waals surface area contributed by atoms with Crippen LogP contribution in [0.5, 0.6) is 0 Å². The van der Waals surface area contributed by atoms with Gasteiger partial charge < -0.3 is 0 Å². The van der Waals surface area contributed by atoms with Crippen LogP contribution in [0.25, 0.3) is 0 Å². The first-order valence-electron chi connectivity index (χ1n) is 5.37. The molecular weight excluding hydrogens is 198 g/mol. The summed E-state index contributed by atoms with van der Waals surface area (Å²) in [6.07, 6.45) is 3.38. The van der Waals surface area contributed by atoms with Gasteiger partial charge in [-0.05, 0) is 30.6 Å².